The average Bonchev–Trinajstić information content (AvgIpc) is 2.57. The Morgan fingerprint density at radius 3 is 2.94 bits per heavy atom. The number of carboxylic acids is 1. The summed E-state index contributed by atoms with van der Waals surface area (Å²) in [7, 11) is 1.76. The molecule has 0 spiro atoms. The Balaban J connectivity index is 2.25. The van der Waals surface area contributed by atoms with Crippen LogP contribution in [0.4, 0.5) is 5.82 Å². The van der Waals surface area contributed by atoms with Gasteiger partial charge in [0.15, 0.2) is 0 Å². The molecule has 0 saturated carbocycles. The van der Waals surface area contributed by atoms with E-state index in [0.717, 1.165) is 6.42 Å². The SMILES string of the molecule is Cc1nn(C)c(NC2CCOCC2C)c1C(=O)O. The van der Waals surface area contributed by atoms with E-state index in [9.17, 15) is 9.90 Å². The third-order valence-electron chi connectivity index (χ3n) is 3.40. The molecule has 2 atom stereocenters. The van der Waals surface area contributed by atoms with Gasteiger partial charge in [-0.3, -0.25) is 4.68 Å². The fourth-order valence-corrected chi connectivity index (χ4v) is 2.35. The summed E-state index contributed by atoms with van der Waals surface area (Å²) in [5.41, 5.74) is 0.795. The number of hydrogen-bond acceptors (Lipinski definition) is 4. The molecule has 1 fully saturated rings. The Hall–Kier alpha value is -1.56. The Bertz CT molecular complexity index is 456. The molecule has 0 amide bonds. The van der Waals surface area contributed by atoms with Crippen molar-refractivity contribution in [3.05, 3.63) is 11.3 Å². The molecule has 2 unspecified atom stereocenters. The van der Waals surface area contributed by atoms with Gasteiger partial charge < -0.3 is 15.2 Å². The zero-order valence-corrected chi connectivity index (χ0v) is 10.9. The molecule has 0 radical (unpaired) electrons. The molecule has 0 bridgehead atoms. The van der Waals surface area contributed by atoms with Crippen LogP contribution in [-0.4, -0.2) is 40.1 Å². The van der Waals surface area contributed by atoms with Crippen molar-refractivity contribution in [3.63, 3.8) is 0 Å². The van der Waals surface area contributed by atoms with Crippen molar-refractivity contribution in [1.82, 2.24) is 9.78 Å². The van der Waals surface area contributed by atoms with Crippen LogP contribution >= 0.6 is 0 Å². The topological polar surface area (TPSA) is 76.4 Å². The van der Waals surface area contributed by atoms with E-state index in [-0.39, 0.29) is 11.6 Å². The summed E-state index contributed by atoms with van der Waals surface area (Å²) < 4.78 is 6.98. The second kappa shape index (κ2) is 4.97. The second-order valence-corrected chi connectivity index (χ2v) is 4.83. The Morgan fingerprint density at radius 2 is 2.33 bits per heavy atom. The van der Waals surface area contributed by atoms with Crippen molar-refractivity contribution in [2.75, 3.05) is 18.5 Å². The van der Waals surface area contributed by atoms with E-state index in [1.807, 2.05) is 0 Å². The summed E-state index contributed by atoms with van der Waals surface area (Å²) in [6, 6.07) is 0.228. The Labute approximate surface area is 106 Å². The number of carboxylic acid groups (broad SMARTS) is 1. The summed E-state index contributed by atoms with van der Waals surface area (Å²) in [5, 5.41) is 16.7. The largest absolute Gasteiger partial charge is 0.477 e. The second-order valence-electron chi connectivity index (χ2n) is 4.83. The van der Waals surface area contributed by atoms with Gasteiger partial charge in [0.1, 0.15) is 11.4 Å². The van der Waals surface area contributed by atoms with Gasteiger partial charge in [0.05, 0.1) is 12.3 Å². The molecule has 2 N–H and O–H groups in total. The van der Waals surface area contributed by atoms with Crippen molar-refractivity contribution in [2.24, 2.45) is 13.0 Å². The normalized spacial score (nSPS) is 23.9. The molecule has 2 heterocycles. The smallest absolute Gasteiger partial charge is 0.341 e. The lowest BCUT2D eigenvalue weighted by atomic mass is 9.97. The lowest BCUT2D eigenvalue weighted by Crippen LogP contribution is -2.36. The first kappa shape index (κ1) is 12.9. The fourth-order valence-electron chi connectivity index (χ4n) is 2.35. The first-order valence-electron chi connectivity index (χ1n) is 6.12. The van der Waals surface area contributed by atoms with Crippen LogP contribution in [0, 0.1) is 12.8 Å². The summed E-state index contributed by atoms with van der Waals surface area (Å²) in [4.78, 5) is 11.3. The van der Waals surface area contributed by atoms with Crippen LogP contribution in [0.15, 0.2) is 0 Å². The van der Waals surface area contributed by atoms with E-state index in [1.54, 1.807) is 18.7 Å². The predicted molar refractivity (Wildman–Crippen MR) is 66.9 cm³/mol. The van der Waals surface area contributed by atoms with E-state index in [1.165, 1.54) is 0 Å². The highest BCUT2D eigenvalue weighted by atomic mass is 16.5. The maximum Gasteiger partial charge on any atom is 0.341 e. The van der Waals surface area contributed by atoms with Crippen molar-refractivity contribution >= 4 is 11.8 Å². The van der Waals surface area contributed by atoms with E-state index in [2.05, 4.69) is 17.3 Å². The number of aromatic nitrogens is 2. The Kier molecular flexibility index (Phi) is 3.56. The van der Waals surface area contributed by atoms with Gasteiger partial charge >= 0.3 is 5.97 Å². The number of anilines is 1. The van der Waals surface area contributed by atoms with Crippen LogP contribution in [0.1, 0.15) is 29.4 Å². The number of nitrogens with zero attached hydrogens (tertiary/aromatic N) is 2. The molecule has 6 nitrogen and oxygen atoms in total. The van der Waals surface area contributed by atoms with E-state index >= 15 is 0 Å². The van der Waals surface area contributed by atoms with Crippen LogP contribution in [0.5, 0.6) is 0 Å². The third kappa shape index (κ3) is 2.33. The molecule has 1 aliphatic rings. The fraction of sp³-hybridized carbons (Fsp3) is 0.667. The quantitative estimate of drug-likeness (QED) is 0.848. The van der Waals surface area contributed by atoms with Crippen molar-refractivity contribution in [2.45, 2.75) is 26.3 Å². The molecular formula is C12H19N3O3. The summed E-state index contributed by atoms with van der Waals surface area (Å²) in [5.74, 6) is -0.00263. The number of aryl methyl sites for hydroxylation is 2. The molecule has 1 aromatic heterocycles. The number of hydrogen-bond donors (Lipinski definition) is 2. The minimum atomic E-state index is -0.942. The minimum Gasteiger partial charge on any atom is -0.477 e. The van der Waals surface area contributed by atoms with Crippen molar-refractivity contribution in [3.8, 4) is 0 Å². The lowest BCUT2D eigenvalue weighted by molar-refractivity contribution is 0.0535. The van der Waals surface area contributed by atoms with Gasteiger partial charge in [-0.2, -0.15) is 5.10 Å². The monoisotopic (exact) mass is 253 g/mol. The summed E-state index contributed by atoms with van der Waals surface area (Å²) >= 11 is 0. The zero-order valence-electron chi connectivity index (χ0n) is 10.9. The van der Waals surface area contributed by atoms with Crippen LogP contribution in [0.3, 0.4) is 0 Å². The standard InChI is InChI=1S/C12H19N3O3/c1-7-6-18-5-4-9(7)13-11-10(12(16)17)8(2)14-15(11)3/h7,9,13H,4-6H2,1-3H3,(H,16,17). The minimum absolute atomic E-state index is 0.228. The molecular weight excluding hydrogens is 234 g/mol. The molecule has 0 aromatic carbocycles. The van der Waals surface area contributed by atoms with E-state index in [0.29, 0.717) is 30.6 Å². The maximum absolute atomic E-state index is 11.3. The maximum atomic E-state index is 11.3. The number of ether oxygens (including phenoxy) is 1. The molecule has 18 heavy (non-hydrogen) atoms. The van der Waals surface area contributed by atoms with Gasteiger partial charge in [-0.25, -0.2) is 4.79 Å². The van der Waals surface area contributed by atoms with Gasteiger partial charge in [0, 0.05) is 19.7 Å². The molecule has 2 rings (SSSR count). The lowest BCUT2D eigenvalue weighted by Gasteiger charge is -2.30. The number of carbonyl (C=O) groups is 1. The van der Waals surface area contributed by atoms with Crippen LogP contribution in [-0.2, 0) is 11.8 Å². The third-order valence-corrected chi connectivity index (χ3v) is 3.40. The van der Waals surface area contributed by atoms with Gasteiger partial charge in [0.2, 0.25) is 0 Å². The Morgan fingerprint density at radius 1 is 1.61 bits per heavy atom. The molecule has 6 heteroatoms. The number of rotatable bonds is 3. The predicted octanol–water partition coefficient (Wildman–Crippen LogP) is 1.26. The first-order valence-corrected chi connectivity index (χ1v) is 6.12. The van der Waals surface area contributed by atoms with Gasteiger partial charge in [0.25, 0.3) is 0 Å². The summed E-state index contributed by atoms with van der Waals surface area (Å²) in [6.45, 7) is 5.22. The molecule has 1 aliphatic heterocycles. The summed E-state index contributed by atoms with van der Waals surface area (Å²) in [6.07, 6.45) is 0.879. The number of aromatic carboxylic acids is 1. The molecule has 100 valence electrons. The van der Waals surface area contributed by atoms with Crippen molar-refractivity contribution < 1.29 is 14.6 Å². The van der Waals surface area contributed by atoms with Crippen LogP contribution in [0.2, 0.25) is 0 Å². The first-order chi connectivity index (χ1) is 8.50. The highest BCUT2D eigenvalue weighted by Gasteiger charge is 2.26. The van der Waals surface area contributed by atoms with Gasteiger partial charge in [-0.15, -0.1) is 0 Å². The number of nitrogens with one attached hydrogen (secondary N) is 1. The molecule has 1 saturated heterocycles. The average molecular weight is 253 g/mol. The van der Waals surface area contributed by atoms with E-state index in [4.69, 9.17) is 4.74 Å². The molecule has 1 aromatic rings. The van der Waals surface area contributed by atoms with Crippen LogP contribution < -0.4 is 5.32 Å². The van der Waals surface area contributed by atoms with Gasteiger partial charge in [-0.1, -0.05) is 6.92 Å². The van der Waals surface area contributed by atoms with Crippen LogP contribution in [0.25, 0.3) is 0 Å². The highest BCUT2D eigenvalue weighted by Crippen LogP contribution is 2.24. The van der Waals surface area contributed by atoms with Gasteiger partial charge in [-0.05, 0) is 19.3 Å². The molecule has 0 aliphatic carbocycles. The highest BCUT2D eigenvalue weighted by molar-refractivity contribution is 5.94. The van der Waals surface area contributed by atoms with Crippen molar-refractivity contribution in [1.29, 1.82) is 0 Å². The van der Waals surface area contributed by atoms with E-state index < -0.39 is 5.97 Å². The zero-order chi connectivity index (χ0) is 13.3.